The van der Waals surface area contributed by atoms with Crippen LogP contribution in [0.3, 0.4) is 0 Å². The number of aromatic nitrogens is 3. The minimum Gasteiger partial charge on any atom is -0.456 e. The largest absolute Gasteiger partial charge is 0.456 e. The molecular formula is C51H29N3O2. The van der Waals surface area contributed by atoms with Crippen LogP contribution < -0.4 is 0 Å². The van der Waals surface area contributed by atoms with Crippen LogP contribution in [0, 0.1) is 0 Å². The van der Waals surface area contributed by atoms with E-state index in [2.05, 4.69) is 103 Å². The third-order valence-electron chi connectivity index (χ3n) is 11.1. The molecule has 0 atom stereocenters. The van der Waals surface area contributed by atoms with Gasteiger partial charge in [0.05, 0.1) is 5.56 Å². The SMILES string of the molecule is c1ccc(-c2nc(-c3ccc4oc5cc(-c6ccc7c8ccccc8c8ccccc8c7c6)ccc5c4c3)nc(-c3cccc4c3oc3ccccc34)n2)cc1. The van der Waals surface area contributed by atoms with Crippen LogP contribution >= 0.6 is 0 Å². The number of hydrogen-bond acceptors (Lipinski definition) is 5. The normalized spacial score (nSPS) is 11.9. The van der Waals surface area contributed by atoms with Crippen molar-refractivity contribution in [3.63, 3.8) is 0 Å². The average molecular weight is 716 g/mol. The van der Waals surface area contributed by atoms with Gasteiger partial charge >= 0.3 is 0 Å². The molecule has 0 aliphatic rings. The maximum Gasteiger partial charge on any atom is 0.167 e. The van der Waals surface area contributed by atoms with Crippen LogP contribution in [0.5, 0.6) is 0 Å². The molecule has 56 heavy (non-hydrogen) atoms. The highest BCUT2D eigenvalue weighted by molar-refractivity contribution is 6.25. The first-order chi connectivity index (χ1) is 27.7. The van der Waals surface area contributed by atoms with Gasteiger partial charge in [-0.15, -0.1) is 0 Å². The summed E-state index contributed by atoms with van der Waals surface area (Å²) in [6.07, 6.45) is 0. The fourth-order valence-electron chi connectivity index (χ4n) is 8.45. The van der Waals surface area contributed by atoms with Gasteiger partial charge in [0, 0.05) is 32.7 Å². The van der Waals surface area contributed by atoms with Crippen LogP contribution in [0.15, 0.2) is 185 Å². The molecule has 0 spiro atoms. The van der Waals surface area contributed by atoms with E-state index < -0.39 is 0 Å². The van der Waals surface area contributed by atoms with Gasteiger partial charge in [0.15, 0.2) is 17.5 Å². The number of furan rings is 2. The predicted octanol–water partition coefficient (Wildman–Crippen LogP) is 13.8. The summed E-state index contributed by atoms with van der Waals surface area (Å²) in [5.41, 5.74) is 8.06. The Kier molecular flexibility index (Phi) is 6.56. The van der Waals surface area contributed by atoms with Crippen LogP contribution in [-0.2, 0) is 0 Å². The first kappa shape index (κ1) is 30.8. The van der Waals surface area contributed by atoms with Crippen LogP contribution in [0.2, 0.25) is 0 Å². The Morgan fingerprint density at radius 1 is 0.268 bits per heavy atom. The Labute approximate surface area is 320 Å². The summed E-state index contributed by atoms with van der Waals surface area (Å²) in [5.74, 6) is 1.72. The van der Waals surface area contributed by atoms with E-state index in [0.29, 0.717) is 17.5 Å². The summed E-state index contributed by atoms with van der Waals surface area (Å²) in [5, 5.41) is 11.7. The lowest BCUT2D eigenvalue weighted by Crippen LogP contribution is -2.00. The molecule has 12 rings (SSSR count). The van der Waals surface area contributed by atoms with Crippen molar-refractivity contribution in [2.75, 3.05) is 0 Å². The fraction of sp³-hybridized carbons (Fsp3) is 0. The van der Waals surface area contributed by atoms with E-state index in [9.17, 15) is 0 Å². The number of benzene rings is 9. The Bertz CT molecular complexity index is 3510. The fourth-order valence-corrected chi connectivity index (χ4v) is 8.45. The average Bonchev–Trinajstić information content (AvgIpc) is 3.84. The molecule has 5 nitrogen and oxygen atoms in total. The molecule has 0 radical (unpaired) electrons. The number of nitrogens with zero attached hydrogens (tertiary/aromatic N) is 3. The topological polar surface area (TPSA) is 65.0 Å². The van der Waals surface area contributed by atoms with E-state index >= 15 is 0 Å². The van der Waals surface area contributed by atoms with Gasteiger partial charge in [-0.05, 0) is 92.0 Å². The summed E-state index contributed by atoms with van der Waals surface area (Å²) < 4.78 is 12.9. The Balaban J connectivity index is 0.992. The van der Waals surface area contributed by atoms with Gasteiger partial charge in [-0.1, -0.05) is 127 Å². The van der Waals surface area contributed by atoms with Crippen molar-refractivity contribution in [3.8, 4) is 45.3 Å². The maximum atomic E-state index is 6.52. The molecule has 260 valence electrons. The number of hydrogen-bond donors (Lipinski definition) is 0. The summed E-state index contributed by atoms with van der Waals surface area (Å²) in [4.78, 5) is 15.1. The third kappa shape index (κ3) is 4.71. The first-order valence-electron chi connectivity index (χ1n) is 18.8. The van der Waals surface area contributed by atoms with Crippen molar-refractivity contribution < 1.29 is 8.83 Å². The standard InChI is InChI=1S/C51H29N3O2/c1-2-11-30(12-3-1)49-52-50(54-51(53-49)42-19-10-18-41-39-17-8-9-20-45(39)56-48(41)42)33-23-26-46-44(28-33)40-25-22-32(29-47(40)55-46)31-21-24-38-36-15-5-4-13-34(36)35-14-6-7-16-37(35)43(38)27-31/h1-29H. The second-order valence-corrected chi connectivity index (χ2v) is 14.3. The highest BCUT2D eigenvalue weighted by atomic mass is 16.3. The summed E-state index contributed by atoms with van der Waals surface area (Å²) in [6, 6.07) is 61.1. The van der Waals surface area contributed by atoms with Crippen molar-refractivity contribution in [1.82, 2.24) is 15.0 Å². The second kappa shape index (κ2) is 11.9. The van der Waals surface area contributed by atoms with E-state index in [0.717, 1.165) is 71.7 Å². The molecular weight excluding hydrogens is 687 g/mol. The van der Waals surface area contributed by atoms with Gasteiger partial charge in [-0.3, -0.25) is 0 Å². The van der Waals surface area contributed by atoms with Gasteiger partial charge in [-0.2, -0.15) is 0 Å². The molecule has 0 saturated heterocycles. The van der Waals surface area contributed by atoms with Crippen molar-refractivity contribution >= 4 is 76.2 Å². The zero-order valence-electron chi connectivity index (χ0n) is 29.9. The maximum absolute atomic E-state index is 6.52. The van der Waals surface area contributed by atoms with E-state index in [1.807, 2.05) is 72.8 Å². The molecule has 0 amide bonds. The molecule has 12 aromatic rings. The molecule has 9 aromatic carbocycles. The minimum atomic E-state index is 0.552. The molecule has 0 unspecified atom stereocenters. The Hall–Kier alpha value is -7.63. The minimum absolute atomic E-state index is 0.552. The zero-order valence-corrected chi connectivity index (χ0v) is 29.9. The predicted molar refractivity (Wildman–Crippen MR) is 229 cm³/mol. The van der Waals surface area contributed by atoms with Crippen LogP contribution in [0.1, 0.15) is 0 Å². The Morgan fingerprint density at radius 2 is 0.786 bits per heavy atom. The van der Waals surface area contributed by atoms with Crippen molar-refractivity contribution in [1.29, 1.82) is 0 Å². The lowest BCUT2D eigenvalue weighted by molar-refractivity contribution is 0.669. The molecule has 3 aromatic heterocycles. The van der Waals surface area contributed by atoms with Crippen LogP contribution in [-0.4, -0.2) is 15.0 Å². The Morgan fingerprint density at radius 3 is 1.55 bits per heavy atom. The van der Waals surface area contributed by atoms with E-state index in [1.54, 1.807) is 0 Å². The zero-order chi connectivity index (χ0) is 36.7. The summed E-state index contributed by atoms with van der Waals surface area (Å²) in [7, 11) is 0. The van der Waals surface area contributed by atoms with Gasteiger partial charge in [0.2, 0.25) is 0 Å². The molecule has 5 heteroatoms. The number of rotatable bonds is 4. The van der Waals surface area contributed by atoms with Crippen molar-refractivity contribution in [2.24, 2.45) is 0 Å². The molecule has 0 bridgehead atoms. The van der Waals surface area contributed by atoms with Crippen LogP contribution in [0.4, 0.5) is 0 Å². The molecule has 0 fully saturated rings. The van der Waals surface area contributed by atoms with E-state index in [4.69, 9.17) is 23.8 Å². The molecule has 0 saturated carbocycles. The van der Waals surface area contributed by atoms with Crippen molar-refractivity contribution in [3.05, 3.63) is 176 Å². The number of para-hydroxylation sites is 2. The lowest BCUT2D eigenvalue weighted by Gasteiger charge is -2.12. The summed E-state index contributed by atoms with van der Waals surface area (Å²) in [6.45, 7) is 0. The quantitative estimate of drug-likeness (QED) is 0.170. The molecule has 0 N–H and O–H groups in total. The lowest BCUT2D eigenvalue weighted by atomic mass is 9.92. The van der Waals surface area contributed by atoms with E-state index in [1.165, 1.54) is 32.3 Å². The van der Waals surface area contributed by atoms with Gasteiger partial charge in [-0.25, -0.2) is 15.0 Å². The van der Waals surface area contributed by atoms with Crippen molar-refractivity contribution in [2.45, 2.75) is 0 Å². The molecule has 0 aliphatic heterocycles. The first-order valence-corrected chi connectivity index (χ1v) is 18.8. The summed E-state index contributed by atoms with van der Waals surface area (Å²) >= 11 is 0. The highest BCUT2D eigenvalue weighted by Gasteiger charge is 2.19. The van der Waals surface area contributed by atoms with Gasteiger partial charge in [0.25, 0.3) is 0 Å². The monoisotopic (exact) mass is 715 g/mol. The number of fused-ring (bicyclic) bond motifs is 12. The highest BCUT2D eigenvalue weighted by Crippen LogP contribution is 2.40. The smallest absolute Gasteiger partial charge is 0.167 e. The van der Waals surface area contributed by atoms with E-state index in [-0.39, 0.29) is 0 Å². The second-order valence-electron chi connectivity index (χ2n) is 14.3. The van der Waals surface area contributed by atoms with Crippen LogP contribution in [0.25, 0.3) is 121 Å². The molecule has 0 aliphatic carbocycles. The van der Waals surface area contributed by atoms with Gasteiger partial charge in [0.1, 0.15) is 22.3 Å². The third-order valence-corrected chi connectivity index (χ3v) is 11.1. The molecule has 3 heterocycles. The van der Waals surface area contributed by atoms with Gasteiger partial charge < -0.3 is 8.83 Å².